The van der Waals surface area contributed by atoms with Crippen molar-refractivity contribution in [3.8, 4) is 34.0 Å². The highest BCUT2D eigenvalue weighted by Crippen LogP contribution is 2.34. The summed E-state index contributed by atoms with van der Waals surface area (Å²) >= 11 is -1.66. The van der Waals surface area contributed by atoms with Gasteiger partial charge in [-0.25, -0.2) is 4.39 Å². The Bertz CT molecular complexity index is 1080. The average molecular weight is 422 g/mol. The van der Waals surface area contributed by atoms with Crippen LogP contribution in [0.15, 0.2) is 82.8 Å². The monoisotopic (exact) mass is 422 g/mol. The van der Waals surface area contributed by atoms with Crippen LogP contribution in [-0.2, 0) is 11.2 Å². The summed E-state index contributed by atoms with van der Waals surface area (Å²) in [6, 6.07) is 20.6. The Balaban J connectivity index is 1.81. The first-order valence-corrected chi connectivity index (χ1v) is 10.3. The third-order valence-corrected chi connectivity index (χ3v) is 5.84. The van der Waals surface area contributed by atoms with E-state index in [-0.39, 0.29) is 5.16 Å². The van der Waals surface area contributed by atoms with Crippen molar-refractivity contribution >= 4 is 11.2 Å². The number of rotatable bonds is 6. The average Bonchev–Trinajstić information content (AvgIpc) is 3.24. The summed E-state index contributed by atoms with van der Waals surface area (Å²) in [4.78, 5) is 8.12. The number of benzene rings is 3. The van der Waals surface area contributed by atoms with E-state index in [1.54, 1.807) is 20.3 Å². The fraction of sp³-hybridized carbons (Fsp3) is 0.0870. The number of aromatic amines is 1. The molecule has 1 unspecified atom stereocenters. The Hall–Kier alpha value is -3.29. The summed E-state index contributed by atoms with van der Waals surface area (Å²) in [6.45, 7) is 0. The molecule has 4 aromatic rings. The molecule has 1 atom stereocenters. The topological polar surface area (TPSA) is 70.2 Å². The molecule has 0 aliphatic rings. The first-order valence-electron chi connectivity index (χ1n) is 9.15. The molecule has 4 rings (SSSR count). The van der Waals surface area contributed by atoms with Crippen molar-refractivity contribution in [2.24, 2.45) is 0 Å². The molecule has 0 bridgehead atoms. The fourth-order valence-electron chi connectivity index (χ4n) is 3.06. The van der Waals surface area contributed by atoms with E-state index in [0.29, 0.717) is 16.3 Å². The van der Waals surface area contributed by atoms with Gasteiger partial charge in [0.05, 0.1) is 31.1 Å². The quantitative estimate of drug-likeness (QED) is 0.441. The van der Waals surface area contributed by atoms with E-state index >= 15 is 0 Å². The lowest BCUT2D eigenvalue weighted by Crippen LogP contribution is -2.04. The number of imidazole rings is 1. The van der Waals surface area contributed by atoms with E-state index in [1.807, 2.05) is 48.5 Å². The number of methoxy groups -OCH3 is 2. The lowest BCUT2D eigenvalue weighted by Gasteiger charge is -2.06. The number of ether oxygens (including phenoxy) is 2. The first kappa shape index (κ1) is 20.0. The van der Waals surface area contributed by atoms with Gasteiger partial charge in [-0.05, 0) is 60.7 Å². The number of nitrogens with zero attached hydrogens (tertiary/aromatic N) is 1. The van der Waals surface area contributed by atoms with Gasteiger partial charge in [0.25, 0.3) is 0 Å². The van der Waals surface area contributed by atoms with E-state index < -0.39 is 17.0 Å². The van der Waals surface area contributed by atoms with Crippen LogP contribution < -0.4 is 9.47 Å². The molecule has 1 aromatic heterocycles. The molecule has 1 N–H and O–H groups in total. The maximum atomic E-state index is 13.6. The molecule has 0 saturated carbocycles. The van der Waals surface area contributed by atoms with Gasteiger partial charge in [-0.15, -0.1) is 0 Å². The Morgan fingerprint density at radius 3 is 2.03 bits per heavy atom. The Labute approximate surface area is 176 Å². The molecule has 0 spiro atoms. The molecular formula is C23H19FN2O3S. The van der Waals surface area contributed by atoms with Gasteiger partial charge >= 0.3 is 5.16 Å². The van der Waals surface area contributed by atoms with E-state index in [9.17, 15) is 8.94 Å². The van der Waals surface area contributed by atoms with Crippen LogP contribution in [0.5, 0.6) is 11.5 Å². The molecule has 30 heavy (non-hydrogen) atoms. The van der Waals surface area contributed by atoms with Crippen LogP contribution in [0.4, 0.5) is 4.39 Å². The van der Waals surface area contributed by atoms with Crippen LogP contribution in [0.3, 0.4) is 0 Å². The van der Waals surface area contributed by atoms with Crippen molar-refractivity contribution < 1.29 is 18.4 Å². The van der Waals surface area contributed by atoms with Gasteiger partial charge in [-0.1, -0.05) is 6.07 Å². The molecule has 0 aliphatic heterocycles. The minimum atomic E-state index is -1.66. The van der Waals surface area contributed by atoms with Gasteiger partial charge in [0, 0.05) is 17.2 Å². The molecule has 0 radical (unpaired) electrons. The second kappa shape index (κ2) is 8.61. The molecule has 1 heterocycles. The Morgan fingerprint density at radius 1 is 0.867 bits per heavy atom. The maximum absolute atomic E-state index is 13.6. The molecule has 0 amide bonds. The predicted octanol–water partition coefficient (Wildman–Crippen LogP) is 5.07. The fourth-order valence-corrected chi connectivity index (χ4v) is 4.07. The van der Waals surface area contributed by atoms with E-state index in [0.717, 1.165) is 22.6 Å². The summed E-state index contributed by atoms with van der Waals surface area (Å²) in [7, 11) is 3.21. The van der Waals surface area contributed by atoms with Crippen molar-refractivity contribution in [1.29, 1.82) is 0 Å². The summed E-state index contributed by atoms with van der Waals surface area (Å²) in [5.74, 6) is 1.01. The SMILES string of the molecule is COc1ccc(-c2nc([S+]([O-])c3cccc(F)c3)[nH]c2-c2ccc(OC)cc2)cc1. The lowest BCUT2D eigenvalue weighted by atomic mass is 10.0. The number of nitrogens with one attached hydrogen (secondary N) is 1. The lowest BCUT2D eigenvalue weighted by molar-refractivity contribution is 0.414. The van der Waals surface area contributed by atoms with Crippen LogP contribution in [0.25, 0.3) is 22.5 Å². The normalized spacial score (nSPS) is 11.9. The number of halogens is 1. The highest BCUT2D eigenvalue weighted by Gasteiger charge is 2.24. The molecule has 0 fully saturated rings. The van der Waals surface area contributed by atoms with E-state index in [1.165, 1.54) is 18.2 Å². The second-order valence-electron chi connectivity index (χ2n) is 6.45. The van der Waals surface area contributed by atoms with Crippen molar-refractivity contribution in [3.05, 3.63) is 78.6 Å². The van der Waals surface area contributed by atoms with Crippen molar-refractivity contribution in [2.75, 3.05) is 14.2 Å². The molecule has 0 saturated heterocycles. The number of hydrogen-bond acceptors (Lipinski definition) is 4. The molecule has 0 aliphatic carbocycles. The van der Waals surface area contributed by atoms with Crippen molar-refractivity contribution in [3.63, 3.8) is 0 Å². The standard InChI is InChI=1S/C23H19FN2O3S/c1-28-18-10-6-15(7-11-18)21-22(16-8-12-19(29-2)13-9-16)26-23(25-21)30(27)20-5-3-4-17(24)14-20/h3-14H,1-2H3,(H,25,26). The Kier molecular flexibility index (Phi) is 5.74. The van der Waals surface area contributed by atoms with Gasteiger partial charge in [0.2, 0.25) is 0 Å². The van der Waals surface area contributed by atoms with Crippen molar-refractivity contribution in [2.45, 2.75) is 10.1 Å². The zero-order valence-electron chi connectivity index (χ0n) is 16.4. The van der Waals surface area contributed by atoms with Crippen LogP contribution >= 0.6 is 0 Å². The number of H-pyrrole nitrogens is 1. The van der Waals surface area contributed by atoms with Crippen LogP contribution in [0, 0.1) is 5.82 Å². The third-order valence-electron chi connectivity index (χ3n) is 4.61. The molecule has 3 aromatic carbocycles. The van der Waals surface area contributed by atoms with Gasteiger partial charge < -0.3 is 14.0 Å². The van der Waals surface area contributed by atoms with Crippen LogP contribution in [0.2, 0.25) is 0 Å². The highest BCUT2D eigenvalue weighted by molar-refractivity contribution is 7.91. The molecule has 7 heteroatoms. The first-order chi connectivity index (χ1) is 14.6. The zero-order chi connectivity index (χ0) is 21.1. The maximum Gasteiger partial charge on any atom is 0.327 e. The van der Waals surface area contributed by atoms with E-state index in [2.05, 4.69) is 9.97 Å². The van der Waals surface area contributed by atoms with Gasteiger partial charge in [0.15, 0.2) is 4.90 Å². The van der Waals surface area contributed by atoms with Crippen LogP contribution in [-0.4, -0.2) is 28.7 Å². The van der Waals surface area contributed by atoms with Crippen LogP contribution in [0.1, 0.15) is 0 Å². The smallest absolute Gasteiger partial charge is 0.327 e. The van der Waals surface area contributed by atoms with E-state index in [4.69, 9.17) is 9.47 Å². The summed E-state index contributed by atoms with van der Waals surface area (Å²) < 4.78 is 37.1. The molecule has 152 valence electrons. The summed E-state index contributed by atoms with van der Waals surface area (Å²) in [5.41, 5.74) is 3.04. The highest BCUT2D eigenvalue weighted by atomic mass is 32.2. The zero-order valence-corrected chi connectivity index (χ0v) is 17.2. The second-order valence-corrected chi connectivity index (χ2v) is 7.84. The van der Waals surface area contributed by atoms with Gasteiger partial charge in [0.1, 0.15) is 23.0 Å². The van der Waals surface area contributed by atoms with Gasteiger partial charge in [-0.3, -0.25) is 4.98 Å². The number of aromatic nitrogens is 2. The Morgan fingerprint density at radius 2 is 1.47 bits per heavy atom. The summed E-state index contributed by atoms with van der Waals surface area (Å²) in [6.07, 6.45) is 0. The molecule has 5 nitrogen and oxygen atoms in total. The minimum absolute atomic E-state index is 0.247. The predicted molar refractivity (Wildman–Crippen MR) is 114 cm³/mol. The largest absolute Gasteiger partial charge is 0.604 e. The van der Waals surface area contributed by atoms with Gasteiger partial charge in [-0.2, -0.15) is 4.98 Å². The minimum Gasteiger partial charge on any atom is -0.604 e. The van der Waals surface area contributed by atoms with Crippen molar-refractivity contribution in [1.82, 2.24) is 9.97 Å². The number of hydrogen-bond donors (Lipinski definition) is 1. The third kappa shape index (κ3) is 4.03. The molecular weight excluding hydrogens is 403 g/mol. The summed E-state index contributed by atoms with van der Waals surface area (Å²) in [5, 5.41) is 0.247.